The predicted molar refractivity (Wildman–Crippen MR) is 113 cm³/mol. The molecule has 148 valence electrons. The SMILES string of the molecule is CC(C)(C)c1cc(Cl)c(O)c(NC(=S)NC(=O)c2ccc3c(c2)OCCO3)c1. The molecule has 0 saturated heterocycles. The van der Waals surface area contributed by atoms with E-state index in [0.717, 1.165) is 5.56 Å². The first-order chi connectivity index (χ1) is 13.1. The van der Waals surface area contributed by atoms with Crippen molar-refractivity contribution in [2.75, 3.05) is 18.5 Å². The molecule has 0 bridgehead atoms. The molecule has 0 fully saturated rings. The number of carbonyl (C=O) groups excluding carboxylic acids is 1. The number of phenols is 1. The van der Waals surface area contributed by atoms with Gasteiger partial charge < -0.3 is 19.9 Å². The van der Waals surface area contributed by atoms with Crippen LogP contribution in [0.1, 0.15) is 36.7 Å². The summed E-state index contributed by atoms with van der Waals surface area (Å²) in [4.78, 5) is 12.5. The van der Waals surface area contributed by atoms with Gasteiger partial charge in [-0.05, 0) is 53.5 Å². The first-order valence-electron chi connectivity index (χ1n) is 8.70. The summed E-state index contributed by atoms with van der Waals surface area (Å²) in [5, 5.41) is 15.9. The summed E-state index contributed by atoms with van der Waals surface area (Å²) < 4.78 is 10.9. The molecule has 0 spiro atoms. The Balaban J connectivity index is 1.74. The van der Waals surface area contributed by atoms with Crippen LogP contribution in [0.2, 0.25) is 5.02 Å². The molecule has 0 aliphatic carbocycles. The fourth-order valence-electron chi connectivity index (χ4n) is 2.64. The largest absolute Gasteiger partial charge is 0.504 e. The number of hydrogen-bond donors (Lipinski definition) is 3. The fourth-order valence-corrected chi connectivity index (χ4v) is 3.06. The maximum absolute atomic E-state index is 12.5. The molecule has 3 N–H and O–H groups in total. The van der Waals surface area contributed by atoms with E-state index in [1.807, 2.05) is 20.8 Å². The zero-order valence-corrected chi connectivity index (χ0v) is 17.3. The van der Waals surface area contributed by atoms with E-state index in [1.54, 1.807) is 30.3 Å². The maximum atomic E-state index is 12.5. The van der Waals surface area contributed by atoms with Crippen LogP contribution in [-0.2, 0) is 5.41 Å². The minimum absolute atomic E-state index is 0.0392. The smallest absolute Gasteiger partial charge is 0.257 e. The highest BCUT2D eigenvalue weighted by Gasteiger charge is 2.20. The van der Waals surface area contributed by atoms with E-state index >= 15 is 0 Å². The Labute approximate surface area is 173 Å². The number of amides is 1. The number of rotatable bonds is 2. The average Bonchev–Trinajstić information content (AvgIpc) is 2.64. The molecule has 1 aliphatic rings. The first kappa shape index (κ1) is 20.2. The van der Waals surface area contributed by atoms with Crippen LogP contribution in [0.3, 0.4) is 0 Å². The summed E-state index contributed by atoms with van der Waals surface area (Å²) in [6.07, 6.45) is 0. The molecule has 3 rings (SSSR count). The Hall–Kier alpha value is -2.51. The van der Waals surface area contributed by atoms with Gasteiger partial charge in [0, 0.05) is 5.56 Å². The third-order valence-corrected chi connectivity index (χ3v) is 4.70. The zero-order chi connectivity index (χ0) is 20.5. The van der Waals surface area contributed by atoms with Gasteiger partial charge in [0.25, 0.3) is 5.91 Å². The minimum atomic E-state index is -0.410. The van der Waals surface area contributed by atoms with Crippen LogP contribution in [0.25, 0.3) is 0 Å². The Bertz CT molecular complexity index is 941. The molecule has 0 atom stereocenters. The number of carbonyl (C=O) groups is 1. The highest BCUT2D eigenvalue weighted by atomic mass is 35.5. The van der Waals surface area contributed by atoms with Crippen molar-refractivity contribution in [1.29, 1.82) is 0 Å². The lowest BCUT2D eigenvalue weighted by molar-refractivity contribution is 0.0976. The number of anilines is 1. The van der Waals surface area contributed by atoms with E-state index in [4.69, 9.17) is 33.3 Å². The number of hydrogen-bond acceptors (Lipinski definition) is 5. The highest BCUT2D eigenvalue weighted by Crippen LogP contribution is 2.37. The van der Waals surface area contributed by atoms with Crippen molar-refractivity contribution in [3.05, 3.63) is 46.5 Å². The number of thiocarbonyl (C=S) groups is 1. The predicted octanol–water partition coefficient (Wildman–Crippen LogP) is 4.24. The lowest BCUT2D eigenvalue weighted by atomic mass is 9.87. The summed E-state index contributed by atoms with van der Waals surface area (Å²) in [6.45, 7) is 7.00. The molecular formula is C20H21ClN2O4S. The molecule has 2 aromatic rings. The van der Waals surface area contributed by atoms with Gasteiger partial charge in [-0.15, -0.1) is 0 Å². The molecule has 0 aromatic heterocycles. The van der Waals surface area contributed by atoms with Crippen molar-refractivity contribution < 1.29 is 19.4 Å². The van der Waals surface area contributed by atoms with Gasteiger partial charge in [0.15, 0.2) is 22.4 Å². The zero-order valence-electron chi connectivity index (χ0n) is 15.8. The van der Waals surface area contributed by atoms with Gasteiger partial charge in [0.05, 0.1) is 10.7 Å². The van der Waals surface area contributed by atoms with Crippen molar-refractivity contribution >= 4 is 40.5 Å². The number of fused-ring (bicyclic) bond motifs is 1. The van der Waals surface area contributed by atoms with E-state index in [2.05, 4.69) is 10.6 Å². The van der Waals surface area contributed by atoms with Gasteiger partial charge in [-0.1, -0.05) is 32.4 Å². The molecule has 0 radical (unpaired) electrons. The lowest BCUT2D eigenvalue weighted by Gasteiger charge is -2.22. The second-order valence-corrected chi connectivity index (χ2v) is 8.19. The molecular weight excluding hydrogens is 400 g/mol. The summed E-state index contributed by atoms with van der Waals surface area (Å²) in [7, 11) is 0. The number of aromatic hydroxyl groups is 1. The van der Waals surface area contributed by atoms with E-state index in [0.29, 0.717) is 36.0 Å². The van der Waals surface area contributed by atoms with Gasteiger partial charge >= 0.3 is 0 Å². The second kappa shape index (κ2) is 7.85. The van der Waals surface area contributed by atoms with Crippen LogP contribution < -0.4 is 20.1 Å². The average molecular weight is 421 g/mol. The van der Waals surface area contributed by atoms with E-state index in [9.17, 15) is 9.90 Å². The van der Waals surface area contributed by atoms with Crippen molar-refractivity contribution in [3.63, 3.8) is 0 Å². The van der Waals surface area contributed by atoms with Crippen molar-refractivity contribution in [1.82, 2.24) is 5.32 Å². The van der Waals surface area contributed by atoms with Crippen LogP contribution in [-0.4, -0.2) is 29.3 Å². The van der Waals surface area contributed by atoms with E-state index in [-0.39, 0.29) is 21.3 Å². The van der Waals surface area contributed by atoms with E-state index in [1.165, 1.54) is 0 Å². The molecule has 1 heterocycles. The normalized spacial score (nSPS) is 13.0. The number of nitrogens with one attached hydrogen (secondary N) is 2. The minimum Gasteiger partial charge on any atom is -0.504 e. The summed E-state index contributed by atoms with van der Waals surface area (Å²) in [6, 6.07) is 8.36. The molecule has 8 heteroatoms. The second-order valence-electron chi connectivity index (χ2n) is 7.37. The van der Waals surface area contributed by atoms with Crippen LogP contribution in [0, 0.1) is 0 Å². The molecule has 0 saturated carbocycles. The van der Waals surface area contributed by atoms with Gasteiger partial charge in [-0.3, -0.25) is 10.1 Å². The van der Waals surface area contributed by atoms with Crippen molar-refractivity contribution in [2.24, 2.45) is 0 Å². The molecule has 1 aliphatic heterocycles. The monoisotopic (exact) mass is 420 g/mol. The third-order valence-electron chi connectivity index (χ3n) is 4.21. The quantitative estimate of drug-likeness (QED) is 0.498. The Morgan fingerprint density at radius 2 is 1.82 bits per heavy atom. The van der Waals surface area contributed by atoms with E-state index < -0.39 is 5.91 Å². The van der Waals surface area contributed by atoms with Crippen molar-refractivity contribution in [3.8, 4) is 17.2 Å². The molecule has 6 nitrogen and oxygen atoms in total. The topological polar surface area (TPSA) is 79.8 Å². The lowest BCUT2D eigenvalue weighted by Crippen LogP contribution is -2.34. The number of phenolic OH excluding ortho intramolecular Hbond substituents is 1. The fraction of sp³-hybridized carbons (Fsp3) is 0.300. The van der Waals surface area contributed by atoms with Crippen LogP contribution in [0.15, 0.2) is 30.3 Å². The Kier molecular flexibility index (Phi) is 5.67. The first-order valence-corrected chi connectivity index (χ1v) is 9.49. The summed E-state index contributed by atoms with van der Waals surface area (Å²) in [5.41, 5.74) is 1.44. The van der Waals surface area contributed by atoms with Crippen LogP contribution in [0.4, 0.5) is 5.69 Å². The molecule has 28 heavy (non-hydrogen) atoms. The third kappa shape index (κ3) is 4.48. The maximum Gasteiger partial charge on any atom is 0.257 e. The number of benzene rings is 2. The number of halogens is 1. The van der Waals surface area contributed by atoms with Gasteiger partial charge in [-0.25, -0.2) is 0 Å². The molecule has 2 aromatic carbocycles. The van der Waals surface area contributed by atoms with Gasteiger partial charge in [0.2, 0.25) is 0 Å². The highest BCUT2D eigenvalue weighted by molar-refractivity contribution is 7.80. The van der Waals surface area contributed by atoms with Gasteiger partial charge in [0.1, 0.15) is 13.2 Å². The molecule has 1 amide bonds. The molecule has 0 unspecified atom stereocenters. The van der Waals surface area contributed by atoms with Crippen LogP contribution >= 0.6 is 23.8 Å². The summed E-state index contributed by atoms with van der Waals surface area (Å²) in [5.74, 6) is 0.569. The number of ether oxygens (including phenoxy) is 2. The summed E-state index contributed by atoms with van der Waals surface area (Å²) >= 11 is 11.4. The van der Waals surface area contributed by atoms with Crippen molar-refractivity contribution in [2.45, 2.75) is 26.2 Å². The Morgan fingerprint density at radius 1 is 1.14 bits per heavy atom. The van der Waals surface area contributed by atoms with Crippen LogP contribution in [0.5, 0.6) is 17.2 Å². The standard InChI is InChI=1S/C20H21ClN2O4S/c1-20(2,3)12-9-13(21)17(24)14(10-12)22-19(28)23-18(25)11-4-5-15-16(8-11)27-7-6-26-15/h4-5,8-10,24H,6-7H2,1-3H3,(H2,22,23,25,28). The Morgan fingerprint density at radius 3 is 2.50 bits per heavy atom. The van der Waals surface area contributed by atoms with Gasteiger partial charge in [-0.2, -0.15) is 0 Å².